The first-order valence-corrected chi connectivity index (χ1v) is 7.08. The quantitative estimate of drug-likeness (QED) is 0.753. The van der Waals surface area contributed by atoms with Crippen molar-refractivity contribution in [3.05, 3.63) is 59.7 Å². The summed E-state index contributed by atoms with van der Waals surface area (Å²) in [7, 11) is 0. The van der Waals surface area contributed by atoms with Gasteiger partial charge in [-0.25, -0.2) is 0 Å². The Balaban J connectivity index is 1.87. The van der Waals surface area contributed by atoms with Gasteiger partial charge in [0.1, 0.15) is 11.5 Å². The van der Waals surface area contributed by atoms with E-state index in [1.54, 1.807) is 13.0 Å². The van der Waals surface area contributed by atoms with Crippen LogP contribution < -0.4 is 15.6 Å². The lowest BCUT2D eigenvalue weighted by Crippen LogP contribution is -2.47. The zero-order valence-electron chi connectivity index (χ0n) is 12.9. The second kappa shape index (κ2) is 7.31. The minimum atomic E-state index is -0.777. The number of hydrazine groups is 1. The zero-order valence-corrected chi connectivity index (χ0v) is 12.9. The Bertz CT molecular complexity index is 715. The highest BCUT2D eigenvalue weighted by molar-refractivity contribution is 5.96. The summed E-state index contributed by atoms with van der Waals surface area (Å²) >= 11 is 0. The lowest BCUT2D eigenvalue weighted by Gasteiger charge is -2.15. The first-order valence-electron chi connectivity index (χ1n) is 7.08. The number of ether oxygens (including phenoxy) is 1. The molecule has 2 aromatic carbocycles. The van der Waals surface area contributed by atoms with E-state index in [1.165, 1.54) is 24.3 Å². The molecule has 23 heavy (non-hydrogen) atoms. The second-order valence-electron chi connectivity index (χ2n) is 5.07. The van der Waals surface area contributed by atoms with Gasteiger partial charge >= 0.3 is 0 Å². The predicted molar refractivity (Wildman–Crippen MR) is 85.0 cm³/mol. The Morgan fingerprint density at radius 2 is 1.83 bits per heavy atom. The van der Waals surface area contributed by atoms with Gasteiger partial charge in [-0.05, 0) is 49.7 Å². The van der Waals surface area contributed by atoms with Crippen LogP contribution in [-0.2, 0) is 4.79 Å². The molecule has 0 fully saturated rings. The largest absolute Gasteiger partial charge is 0.508 e. The molecule has 2 rings (SSSR count). The van der Waals surface area contributed by atoms with Crippen LogP contribution in [0.3, 0.4) is 0 Å². The van der Waals surface area contributed by atoms with E-state index in [4.69, 9.17) is 4.74 Å². The Morgan fingerprint density at radius 1 is 1.09 bits per heavy atom. The van der Waals surface area contributed by atoms with Crippen molar-refractivity contribution in [1.82, 2.24) is 10.9 Å². The number of phenolic OH excluding ortho intramolecular Hbond substituents is 1. The van der Waals surface area contributed by atoms with Crippen LogP contribution in [0.25, 0.3) is 0 Å². The third-order valence-corrected chi connectivity index (χ3v) is 3.08. The van der Waals surface area contributed by atoms with Gasteiger partial charge in [-0.1, -0.05) is 18.2 Å². The summed E-state index contributed by atoms with van der Waals surface area (Å²) < 4.78 is 5.51. The summed E-state index contributed by atoms with van der Waals surface area (Å²) in [6, 6.07) is 13.1. The van der Waals surface area contributed by atoms with Gasteiger partial charge in [-0.3, -0.25) is 20.4 Å². The molecular formula is C17H18N2O4. The molecule has 0 aliphatic heterocycles. The van der Waals surface area contributed by atoms with Gasteiger partial charge in [0.25, 0.3) is 11.8 Å². The van der Waals surface area contributed by atoms with Crippen LogP contribution in [0.5, 0.6) is 11.5 Å². The van der Waals surface area contributed by atoms with Gasteiger partial charge in [0.05, 0.1) is 0 Å². The van der Waals surface area contributed by atoms with E-state index in [1.807, 2.05) is 25.1 Å². The number of hydrogen-bond donors (Lipinski definition) is 3. The minimum absolute atomic E-state index is 0.0277. The van der Waals surface area contributed by atoms with Crippen LogP contribution in [0, 0.1) is 6.92 Å². The SMILES string of the molecule is Cc1cccc(O[C@@H](C)C(=O)NNC(=O)c2cccc(O)c2)c1. The summed E-state index contributed by atoms with van der Waals surface area (Å²) in [4.78, 5) is 23.8. The monoisotopic (exact) mass is 314 g/mol. The van der Waals surface area contributed by atoms with Gasteiger partial charge in [0.2, 0.25) is 0 Å². The molecule has 0 aliphatic rings. The second-order valence-corrected chi connectivity index (χ2v) is 5.07. The topological polar surface area (TPSA) is 87.7 Å². The molecule has 0 bridgehead atoms. The fourth-order valence-electron chi connectivity index (χ4n) is 1.89. The number of aryl methyl sites for hydroxylation is 1. The average Bonchev–Trinajstić information content (AvgIpc) is 2.52. The summed E-state index contributed by atoms with van der Waals surface area (Å²) in [5, 5.41) is 9.33. The molecule has 2 aromatic rings. The van der Waals surface area contributed by atoms with Crippen molar-refractivity contribution in [2.45, 2.75) is 20.0 Å². The van der Waals surface area contributed by atoms with E-state index in [9.17, 15) is 14.7 Å². The maximum atomic E-state index is 11.9. The van der Waals surface area contributed by atoms with Crippen molar-refractivity contribution in [3.63, 3.8) is 0 Å². The van der Waals surface area contributed by atoms with E-state index < -0.39 is 17.9 Å². The van der Waals surface area contributed by atoms with Gasteiger partial charge in [0.15, 0.2) is 6.10 Å². The summed E-state index contributed by atoms with van der Waals surface area (Å²) in [5.74, 6) is -0.468. The summed E-state index contributed by atoms with van der Waals surface area (Å²) in [5.41, 5.74) is 5.82. The predicted octanol–water partition coefficient (Wildman–Crippen LogP) is 1.93. The maximum Gasteiger partial charge on any atom is 0.279 e. The zero-order chi connectivity index (χ0) is 16.8. The van der Waals surface area contributed by atoms with E-state index in [-0.39, 0.29) is 11.3 Å². The smallest absolute Gasteiger partial charge is 0.279 e. The number of nitrogens with one attached hydrogen (secondary N) is 2. The molecule has 6 heteroatoms. The van der Waals surface area contributed by atoms with Crippen molar-refractivity contribution in [1.29, 1.82) is 0 Å². The van der Waals surface area contributed by atoms with Crippen LogP contribution in [-0.4, -0.2) is 23.0 Å². The molecular weight excluding hydrogens is 296 g/mol. The first kappa shape index (κ1) is 16.4. The normalized spacial score (nSPS) is 11.4. The highest BCUT2D eigenvalue weighted by atomic mass is 16.5. The number of amides is 2. The fraction of sp³-hybridized carbons (Fsp3) is 0.176. The minimum Gasteiger partial charge on any atom is -0.508 e. The molecule has 1 atom stereocenters. The molecule has 6 nitrogen and oxygen atoms in total. The van der Waals surface area contributed by atoms with Crippen LogP contribution in [0.15, 0.2) is 48.5 Å². The van der Waals surface area contributed by atoms with Gasteiger partial charge in [-0.15, -0.1) is 0 Å². The number of carbonyl (C=O) groups is 2. The van der Waals surface area contributed by atoms with E-state index in [2.05, 4.69) is 10.9 Å². The van der Waals surface area contributed by atoms with E-state index in [0.717, 1.165) is 5.56 Å². The van der Waals surface area contributed by atoms with Gasteiger partial charge in [-0.2, -0.15) is 0 Å². The lowest BCUT2D eigenvalue weighted by atomic mass is 10.2. The third kappa shape index (κ3) is 4.74. The van der Waals surface area contributed by atoms with Crippen LogP contribution in [0.1, 0.15) is 22.8 Å². The Labute approximate surface area is 134 Å². The first-order chi connectivity index (χ1) is 11.0. The van der Waals surface area contributed by atoms with E-state index in [0.29, 0.717) is 5.75 Å². The molecule has 2 amide bonds. The fourth-order valence-corrected chi connectivity index (χ4v) is 1.89. The number of phenols is 1. The highest BCUT2D eigenvalue weighted by Crippen LogP contribution is 2.14. The molecule has 0 radical (unpaired) electrons. The highest BCUT2D eigenvalue weighted by Gasteiger charge is 2.16. The molecule has 0 aliphatic carbocycles. The molecule has 3 N–H and O–H groups in total. The Morgan fingerprint density at radius 3 is 2.52 bits per heavy atom. The summed E-state index contributed by atoms with van der Waals surface area (Å²) in [6.45, 7) is 3.51. The van der Waals surface area contributed by atoms with Crippen LogP contribution in [0.2, 0.25) is 0 Å². The summed E-state index contributed by atoms with van der Waals surface area (Å²) in [6.07, 6.45) is -0.777. The average molecular weight is 314 g/mol. The van der Waals surface area contributed by atoms with Crippen molar-refractivity contribution < 1.29 is 19.4 Å². The molecule has 0 saturated heterocycles. The van der Waals surface area contributed by atoms with Crippen molar-refractivity contribution in [2.24, 2.45) is 0 Å². The van der Waals surface area contributed by atoms with Crippen LogP contribution >= 0.6 is 0 Å². The van der Waals surface area contributed by atoms with Crippen molar-refractivity contribution in [2.75, 3.05) is 0 Å². The molecule has 0 aromatic heterocycles. The van der Waals surface area contributed by atoms with Crippen molar-refractivity contribution in [3.8, 4) is 11.5 Å². The number of aromatic hydroxyl groups is 1. The number of hydrogen-bond acceptors (Lipinski definition) is 4. The number of rotatable bonds is 4. The Kier molecular flexibility index (Phi) is 5.19. The maximum absolute atomic E-state index is 11.9. The number of benzene rings is 2. The van der Waals surface area contributed by atoms with Crippen molar-refractivity contribution >= 4 is 11.8 Å². The van der Waals surface area contributed by atoms with E-state index >= 15 is 0 Å². The molecule has 120 valence electrons. The number of carbonyl (C=O) groups excluding carboxylic acids is 2. The van der Waals surface area contributed by atoms with Gasteiger partial charge in [0, 0.05) is 5.56 Å². The van der Waals surface area contributed by atoms with Crippen LogP contribution in [0.4, 0.5) is 0 Å². The lowest BCUT2D eigenvalue weighted by molar-refractivity contribution is -0.128. The standard InChI is InChI=1S/C17H18N2O4/c1-11-5-3-8-15(9-11)23-12(2)16(21)18-19-17(22)13-6-4-7-14(20)10-13/h3-10,12,20H,1-2H3,(H,18,21)(H,19,22)/t12-/m0/s1. The third-order valence-electron chi connectivity index (χ3n) is 3.08. The Hall–Kier alpha value is -3.02. The molecule has 0 spiro atoms. The molecule has 0 unspecified atom stereocenters. The molecule has 0 saturated carbocycles. The molecule has 0 heterocycles. The van der Waals surface area contributed by atoms with Gasteiger partial charge < -0.3 is 9.84 Å².